The molecule has 0 radical (unpaired) electrons. The minimum Gasteiger partial charge on any atom is -0.480 e. The first kappa shape index (κ1) is 17.1. The second-order valence-electron chi connectivity index (χ2n) is 5.13. The van der Waals surface area contributed by atoms with Gasteiger partial charge in [-0.25, -0.2) is 9.59 Å². The summed E-state index contributed by atoms with van der Waals surface area (Å²) in [6.45, 7) is 4.83. The molecule has 0 saturated carbocycles. The molecule has 2 unspecified atom stereocenters. The molecule has 0 aromatic heterocycles. The van der Waals surface area contributed by atoms with Crippen LogP contribution in [0.15, 0.2) is 0 Å². The fourth-order valence-corrected chi connectivity index (χ4v) is 3.85. The van der Waals surface area contributed by atoms with E-state index < -0.39 is 12.0 Å². The third kappa shape index (κ3) is 4.89. The maximum Gasteiger partial charge on any atom is 0.327 e. The Kier molecular flexibility index (Phi) is 7.80. The van der Waals surface area contributed by atoms with Crippen LogP contribution in [0.4, 0.5) is 4.79 Å². The predicted octanol–water partition coefficient (Wildman–Crippen LogP) is 2.90. The SMILES string of the molecule is CCCCCCNC(=O)N1C(CCC)SCC1C(=O)O. The van der Waals surface area contributed by atoms with Gasteiger partial charge in [0.05, 0.1) is 5.37 Å². The first-order valence-corrected chi connectivity index (χ1v) is 8.57. The molecule has 1 fully saturated rings. The van der Waals surface area contributed by atoms with Crippen LogP contribution in [-0.2, 0) is 4.79 Å². The smallest absolute Gasteiger partial charge is 0.327 e. The standard InChI is InChI=1S/C14H26N2O3S/c1-3-5-6-7-9-15-14(19)16-11(13(17)18)10-20-12(16)8-4-2/h11-12H,3-10H2,1-2H3,(H,15,19)(H,17,18). The molecular weight excluding hydrogens is 276 g/mol. The number of amides is 2. The number of carboxylic acid groups (broad SMARTS) is 1. The Morgan fingerprint density at radius 3 is 2.60 bits per heavy atom. The molecule has 0 spiro atoms. The number of thioether (sulfide) groups is 1. The Balaban J connectivity index is 2.49. The van der Waals surface area contributed by atoms with Crippen molar-refractivity contribution in [3.05, 3.63) is 0 Å². The van der Waals surface area contributed by atoms with Crippen LogP contribution in [0.5, 0.6) is 0 Å². The van der Waals surface area contributed by atoms with Crippen molar-refractivity contribution in [1.29, 1.82) is 0 Å². The highest BCUT2D eigenvalue weighted by atomic mass is 32.2. The summed E-state index contributed by atoms with van der Waals surface area (Å²) in [5.41, 5.74) is 0. The molecule has 1 heterocycles. The lowest BCUT2D eigenvalue weighted by Crippen LogP contribution is -2.50. The van der Waals surface area contributed by atoms with E-state index in [1.54, 1.807) is 11.8 Å². The van der Waals surface area contributed by atoms with E-state index in [4.69, 9.17) is 0 Å². The minimum absolute atomic E-state index is 0.00302. The number of nitrogens with zero attached hydrogens (tertiary/aromatic N) is 1. The third-order valence-electron chi connectivity index (χ3n) is 3.45. The zero-order valence-corrected chi connectivity index (χ0v) is 13.2. The van der Waals surface area contributed by atoms with Crippen LogP contribution in [0.2, 0.25) is 0 Å². The Hall–Kier alpha value is -0.910. The largest absolute Gasteiger partial charge is 0.480 e. The van der Waals surface area contributed by atoms with Gasteiger partial charge in [0, 0.05) is 12.3 Å². The van der Waals surface area contributed by atoms with Gasteiger partial charge in [0.2, 0.25) is 0 Å². The monoisotopic (exact) mass is 302 g/mol. The third-order valence-corrected chi connectivity index (χ3v) is 4.81. The van der Waals surface area contributed by atoms with Crippen LogP contribution >= 0.6 is 11.8 Å². The summed E-state index contributed by atoms with van der Waals surface area (Å²) < 4.78 is 0. The maximum absolute atomic E-state index is 12.2. The van der Waals surface area contributed by atoms with E-state index in [9.17, 15) is 14.7 Å². The number of carboxylic acids is 1. The van der Waals surface area contributed by atoms with Crippen molar-refractivity contribution in [3.63, 3.8) is 0 Å². The van der Waals surface area contributed by atoms with E-state index in [1.165, 1.54) is 11.3 Å². The zero-order chi connectivity index (χ0) is 15.0. The number of unbranched alkanes of at least 4 members (excludes halogenated alkanes) is 3. The minimum atomic E-state index is -0.905. The molecule has 116 valence electrons. The fraction of sp³-hybridized carbons (Fsp3) is 0.857. The van der Waals surface area contributed by atoms with E-state index in [0.29, 0.717) is 12.3 Å². The summed E-state index contributed by atoms with van der Waals surface area (Å²) in [5.74, 6) is -0.416. The quantitative estimate of drug-likeness (QED) is 0.676. The lowest BCUT2D eigenvalue weighted by Gasteiger charge is -2.27. The molecule has 1 aliphatic rings. The first-order valence-electron chi connectivity index (χ1n) is 7.52. The number of hydrogen-bond donors (Lipinski definition) is 2. The summed E-state index contributed by atoms with van der Waals surface area (Å²) >= 11 is 1.57. The zero-order valence-electron chi connectivity index (χ0n) is 12.4. The van der Waals surface area contributed by atoms with Crippen molar-refractivity contribution < 1.29 is 14.7 Å². The lowest BCUT2D eigenvalue weighted by atomic mass is 10.2. The Morgan fingerprint density at radius 1 is 1.25 bits per heavy atom. The molecule has 20 heavy (non-hydrogen) atoms. The second-order valence-corrected chi connectivity index (χ2v) is 6.34. The molecule has 0 bridgehead atoms. The van der Waals surface area contributed by atoms with Crippen LogP contribution in [0, 0.1) is 0 Å². The number of carbonyl (C=O) groups is 2. The van der Waals surface area contributed by atoms with Crippen LogP contribution in [0.1, 0.15) is 52.4 Å². The van der Waals surface area contributed by atoms with E-state index >= 15 is 0 Å². The highest BCUT2D eigenvalue weighted by Gasteiger charge is 2.40. The number of carbonyl (C=O) groups excluding carboxylic acids is 1. The Bertz CT molecular complexity index is 326. The molecule has 1 rings (SSSR count). The molecular formula is C14H26N2O3S. The summed E-state index contributed by atoms with van der Waals surface area (Å²) in [6, 6.07) is -0.912. The highest BCUT2D eigenvalue weighted by Crippen LogP contribution is 2.32. The van der Waals surface area contributed by atoms with Gasteiger partial charge in [-0.3, -0.25) is 4.90 Å². The number of aliphatic carboxylic acids is 1. The van der Waals surface area contributed by atoms with E-state index in [1.807, 2.05) is 0 Å². The summed E-state index contributed by atoms with van der Waals surface area (Å²) in [5, 5.41) is 12.1. The van der Waals surface area contributed by atoms with Gasteiger partial charge in [-0.2, -0.15) is 0 Å². The van der Waals surface area contributed by atoms with E-state index in [2.05, 4.69) is 19.2 Å². The van der Waals surface area contributed by atoms with Gasteiger partial charge in [0.15, 0.2) is 0 Å². The molecule has 0 aromatic rings. The molecule has 5 nitrogen and oxygen atoms in total. The second kappa shape index (κ2) is 9.10. The molecule has 0 aliphatic carbocycles. The van der Waals surface area contributed by atoms with Gasteiger partial charge in [0.1, 0.15) is 6.04 Å². The number of urea groups is 1. The summed E-state index contributed by atoms with van der Waals surface area (Å²) in [4.78, 5) is 25.0. The number of hydrogen-bond acceptors (Lipinski definition) is 3. The summed E-state index contributed by atoms with van der Waals surface area (Å²) in [6.07, 6.45) is 6.19. The van der Waals surface area contributed by atoms with Gasteiger partial charge in [-0.05, 0) is 12.8 Å². The fourth-order valence-electron chi connectivity index (χ4n) is 2.33. The summed E-state index contributed by atoms with van der Waals surface area (Å²) in [7, 11) is 0. The van der Waals surface area contributed by atoms with Gasteiger partial charge in [-0.1, -0.05) is 39.5 Å². The Morgan fingerprint density at radius 2 is 2.00 bits per heavy atom. The normalized spacial score (nSPS) is 22.0. The maximum atomic E-state index is 12.2. The molecule has 2 amide bonds. The van der Waals surface area contributed by atoms with Crippen molar-refractivity contribution in [3.8, 4) is 0 Å². The van der Waals surface area contributed by atoms with Crippen molar-refractivity contribution >= 4 is 23.8 Å². The van der Waals surface area contributed by atoms with Gasteiger partial charge >= 0.3 is 12.0 Å². The van der Waals surface area contributed by atoms with E-state index in [-0.39, 0.29) is 11.4 Å². The van der Waals surface area contributed by atoms with Crippen LogP contribution in [0.3, 0.4) is 0 Å². The van der Waals surface area contributed by atoms with Crippen molar-refractivity contribution in [2.24, 2.45) is 0 Å². The molecule has 1 saturated heterocycles. The van der Waals surface area contributed by atoms with Crippen LogP contribution in [-0.4, -0.2) is 45.7 Å². The molecule has 1 aliphatic heterocycles. The average Bonchev–Trinajstić information content (AvgIpc) is 2.83. The van der Waals surface area contributed by atoms with Gasteiger partial charge in [-0.15, -0.1) is 11.8 Å². The van der Waals surface area contributed by atoms with Crippen molar-refractivity contribution in [1.82, 2.24) is 10.2 Å². The van der Waals surface area contributed by atoms with Crippen molar-refractivity contribution in [2.45, 2.75) is 63.8 Å². The van der Waals surface area contributed by atoms with Gasteiger partial charge in [0.25, 0.3) is 0 Å². The van der Waals surface area contributed by atoms with Gasteiger partial charge < -0.3 is 10.4 Å². The van der Waals surface area contributed by atoms with Crippen molar-refractivity contribution in [2.75, 3.05) is 12.3 Å². The van der Waals surface area contributed by atoms with Crippen LogP contribution in [0.25, 0.3) is 0 Å². The predicted molar refractivity (Wildman–Crippen MR) is 82.0 cm³/mol. The first-order chi connectivity index (χ1) is 9.61. The van der Waals surface area contributed by atoms with Crippen LogP contribution < -0.4 is 5.32 Å². The number of nitrogens with one attached hydrogen (secondary N) is 1. The molecule has 6 heteroatoms. The molecule has 0 aromatic carbocycles. The molecule has 2 atom stereocenters. The topological polar surface area (TPSA) is 69.6 Å². The highest BCUT2D eigenvalue weighted by molar-refractivity contribution is 8.00. The lowest BCUT2D eigenvalue weighted by molar-refractivity contribution is -0.141. The molecule has 2 N–H and O–H groups in total. The average molecular weight is 302 g/mol. The Labute approximate surface area is 125 Å². The number of rotatable bonds is 8. The van der Waals surface area contributed by atoms with E-state index in [0.717, 1.165) is 32.1 Å².